The molecule has 0 bridgehead atoms. The SMILES string of the molecule is Cc1ccc(C(CN)(Cc2cccs2)C(=O)O)cc1. The zero-order chi connectivity index (χ0) is 13.9. The first-order chi connectivity index (χ1) is 9.08. The van der Waals surface area contributed by atoms with Crippen LogP contribution in [-0.2, 0) is 16.6 Å². The summed E-state index contributed by atoms with van der Waals surface area (Å²) in [5.74, 6) is -0.868. The fraction of sp³-hybridized carbons (Fsp3) is 0.267. The molecule has 4 heteroatoms. The van der Waals surface area contributed by atoms with Gasteiger partial charge in [-0.15, -0.1) is 11.3 Å². The van der Waals surface area contributed by atoms with Gasteiger partial charge in [0.2, 0.25) is 0 Å². The molecule has 0 fully saturated rings. The van der Waals surface area contributed by atoms with Gasteiger partial charge in [-0.1, -0.05) is 35.9 Å². The minimum atomic E-state index is -1.04. The van der Waals surface area contributed by atoms with E-state index in [4.69, 9.17) is 5.73 Å². The van der Waals surface area contributed by atoms with Gasteiger partial charge >= 0.3 is 5.97 Å². The Morgan fingerprint density at radius 1 is 1.32 bits per heavy atom. The van der Waals surface area contributed by atoms with E-state index in [0.29, 0.717) is 6.42 Å². The monoisotopic (exact) mass is 275 g/mol. The topological polar surface area (TPSA) is 63.3 Å². The number of carboxylic acid groups (broad SMARTS) is 1. The Morgan fingerprint density at radius 2 is 2.00 bits per heavy atom. The highest BCUT2D eigenvalue weighted by atomic mass is 32.1. The molecule has 1 atom stereocenters. The predicted molar refractivity (Wildman–Crippen MR) is 77.6 cm³/mol. The summed E-state index contributed by atoms with van der Waals surface area (Å²) in [6.45, 7) is 2.07. The first kappa shape index (κ1) is 13.8. The fourth-order valence-electron chi connectivity index (χ4n) is 2.16. The highest BCUT2D eigenvalue weighted by molar-refractivity contribution is 7.09. The first-order valence-electron chi connectivity index (χ1n) is 6.11. The van der Waals surface area contributed by atoms with Gasteiger partial charge in [0.25, 0.3) is 0 Å². The maximum Gasteiger partial charge on any atom is 0.315 e. The van der Waals surface area contributed by atoms with Crippen molar-refractivity contribution in [1.82, 2.24) is 0 Å². The molecule has 1 aromatic carbocycles. The number of aliphatic carboxylic acids is 1. The van der Waals surface area contributed by atoms with Crippen LogP contribution in [0.1, 0.15) is 16.0 Å². The van der Waals surface area contributed by atoms with Gasteiger partial charge < -0.3 is 10.8 Å². The summed E-state index contributed by atoms with van der Waals surface area (Å²) in [5, 5.41) is 11.6. The van der Waals surface area contributed by atoms with Crippen molar-refractivity contribution in [3.63, 3.8) is 0 Å². The quantitative estimate of drug-likeness (QED) is 0.881. The lowest BCUT2D eigenvalue weighted by Crippen LogP contribution is -2.44. The van der Waals surface area contributed by atoms with E-state index in [2.05, 4.69) is 0 Å². The number of hydrogen-bond donors (Lipinski definition) is 2. The van der Waals surface area contributed by atoms with Gasteiger partial charge in [-0.25, -0.2) is 0 Å². The van der Waals surface area contributed by atoms with E-state index < -0.39 is 11.4 Å². The van der Waals surface area contributed by atoms with E-state index in [-0.39, 0.29) is 6.54 Å². The smallest absolute Gasteiger partial charge is 0.315 e. The number of nitrogens with two attached hydrogens (primary N) is 1. The Labute approximate surface area is 116 Å². The lowest BCUT2D eigenvalue weighted by atomic mass is 9.77. The van der Waals surface area contributed by atoms with Crippen LogP contribution in [0.15, 0.2) is 41.8 Å². The molecule has 3 N–H and O–H groups in total. The van der Waals surface area contributed by atoms with Crippen LogP contribution in [0.3, 0.4) is 0 Å². The van der Waals surface area contributed by atoms with E-state index in [9.17, 15) is 9.90 Å². The molecule has 0 amide bonds. The summed E-state index contributed by atoms with van der Waals surface area (Å²) in [6, 6.07) is 11.5. The van der Waals surface area contributed by atoms with Crippen molar-refractivity contribution < 1.29 is 9.90 Å². The summed E-state index contributed by atoms with van der Waals surface area (Å²) in [5.41, 5.74) is 6.65. The first-order valence-corrected chi connectivity index (χ1v) is 6.99. The number of rotatable bonds is 5. The molecule has 0 aliphatic heterocycles. The lowest BCUT2D eigenvalue weighted by molar-refractivity contribution is -0.143. The standard InChI is InChI=1S/C15H17NO2S/c1-11-4-6-12(7-5-11)15(10-16,14(17)18)9-13-3-2-8-19-13/h2-8H,9-10,16H2,1H3,(H,17,18). The number of carboxylic acids is 1. The van der Waals surface area contributed by atoms with Crippen LogP contribution in [0.2, 0.25) is 0 Å². The average molecular weight is 275 g/mol. The maximum absolute atomic E-state index is 11.8. The van der Waals surface area contributed by atoms with Crippen molar-refractivity contribution in [3.05, 3.63) is 57.8 Å². The third-order valence-corrected chi connectivity index (χ3v) is 4.29. The van der Waals surface area contributed by atoms with Gasteiger partial charge in [0.1, 0.15) is 5.41 Å². The van der Waals surface area contributed by atoms with Crippen molar-refractivity contribution in [3.8, 4) is 0 Å². The second kappa shape index (κ2) is 5.55. The van der Waals surface area contributed by atoms with Crippen LogP contribution >= 0.6 is 11.3 Å². The predicted octanol–water partition coefficient (Wildman–Crippen LogP) is 2.58. The number of benzene rings is 1. The summed E-state index contributed by atoms with van der Waals surface area (Å²) in [6.07, 6.45) is 0.430. The molecule has 1 aromatic heterocycles. The molecule has 0 aliphatic carbocycles. The third kappa shape index (κ3) is 2.69. The van der Waals surface area contributed by atoms with Crippen LogP contribution in [0.25, 0.3) is 0 Å². The molecule has 0 spiro atoms. The molecule has 100 valence electrons. The summed E-state index contributed by atoms with van der Waals surface area (Å²) in [7, 11) is 0. The average Bonchev–Trinajstić information content (AvgIpc) is 2.89. The summed E-state index contributed by atoms with van der Waals surface area (Å²) in [4.78, 5) is 12.8. The molecular formula is C15H17NO2S. The van der Waals surface area contributed by atoms with Crippen LogP contribution < -0.4 is 5.73 Å². The molecule has 2 rings (SSSR count). The minimum absolute atomic E-state index is 0.0866. The second-order valence-electron chi connectivity index (χ2n) is 4.71. The van der Waals surface area contributed by atoms with Crippen molar-refractivity contribution >= 4 is 17.3 Å². The number of carbonyl (C=O) groups is 1. The molecule has 0 saturated heterocycles. The molecule has 0 aliphatic rings. The molecule has 3 nitrogen and oxygen atoms in total. The maximum atomic E-state index is 11.8. The van der Waals surface area contributed by atoms with Gasteiger partial charge in [-0.3, -0.25) is 4.79 Å². The van der Waals surface area contributed by atoms with E-state index in [0.717, 1.165) is 16.0 Å². The molecule has 19 heavy (non-hydrogen) atoms. The van der Waals surface area contributed by atoms with Crippen LogP contribution in [-0.4, -0.2) is 17.6 Å². The van der Waals surface area contributed by atoms with Gasteiger partial charge in [0.15, 0.2) is 0 Å². The van der Waals surface area contributed by atoms with Gasteiger partial charge in [0, 0.05) is 17.8 Å². The number of aryl methyl sites for hydroxylation is 1. The Kier molecular flexibility index (Phi) is 4.02. The number of thiophene rings is 1. The highest BCUT2D eigenvalue weighted by Gasteiger charge is 2.39. The largest absolute Gasteiger partial charge is 0.481 e. The summed E-state index contributed by atoms with van der Waals surface area (Å²) >= 11 is 1.56. The second-order valence-corrected chi connectivity index (χ2v) is 5.75. The summed E-state index contributed by atoms with van der Waals surface area (Å²) < 4.78 is 0. The van der Waals surface area contributed by atoms with E-state index in [1.807, 2.05) is 48.7 Å². The Morgan fingerprint density at radius 3 is 2.47 bits per heavy atom. The molecule has 1 unspecified atom stereocenters. The molecular weight excluding hydrogens is 258 g/mol. The van der Waals surface area contributed by atoms with Crippen molar-refractivity contribution in [1.29, 1.82) is 0 Å². The fourth-order valence-corrected chi connectivity index (χ4v) is 2.98. The van der Waals surface area contributed by atoms with E-state index in [1.54, 1.807) is 11.3 Å². The molecule has 1 heterocycles. The third-order valence-electron chi connectivity index (χ3n) is 3.42. The number of hydrogen-bond acceptors (Lipinski definition) is 3. The van der Waals surface area contributed by atoms with Crippen molar-refractivity contribution in [2.75, 3.05) is 6.54 Å². The molecule has 2 aromatic rings. The zero-order valence-electron chi connectivity index (χ0n) is 10.8. The minimum Gasteiger partial charge on any atom is -0.481 e. The lowest BCUT2D eigenvalue weighted by Gasteiger charge is -2.28. The normalized spacial score (nSPS) is 14.0. The molecule has 0 saturated carbocycles. The van der Waals surface area contributed by atoms with E-state index in [1.165, 1.54) is 0 Å². The van der Waals surface area contributed by atoms with Gasteiger partial charge in [-0.2, -0.15) is 0 Å². The highest BCUT2D eigenvalue weighted by Crippen LogP contribution is 2.30. The van der Waals surface area contributed by atoms with Gasteiger partial charge in [-0.05, 0) is 23.9 Å². The Hall–Kier alpha value is -1.65. The van der Waals surface area contributed by atoms with Crippen LogP contribution in [0.5, 0.6) is 0 Å². The van der Waals surface area contributed by atoms with Crippen molar-refractivity contribution in [2.45, 2.75) is 18.8 Å². The van der Waals surface area contributed by atoms with Crippen molar-refractivity contribution in [2.24, 2.45) is 5.73 Å². The molecule has 0 radical (unpaired) electrons. The van der Waals surface area contributed by atoms with E-state index >= 15 is 0 Å². The Bertz CT molecular complexity index is 548. The van der Waals surface area contributed by atoms with Crippen LogP contribution in [0.4, 0.5) is 0 Å². The van der Waals surface area contributed by atoms with Gasteiger partial charge in [0.05, 0.1) is 0 Å². The Balaban J connectivity index is 2.44. The van der Waals surface area contributed by atoms with Crippen LogP contribution in [0, 0.1) is 6.92 Å². The zero-order valence-corrected chi connectivity index (χ0v) is 11.6.